The Labute approximate surface area is 109 Å². The molecule has 0 saturated carbocycles. The summed E-state index contributed by atoms with van der Waals surface area (Å²) in [6.07, 6.45) is 1.64. The van der Waals surface area contributed by atoms with Gasteiger partial charge in [0.05, 0.1) is 6.10 Å². The summed E-state index contributed by atoms with van der Waals surface area (Å²) in [6.45, 7) is 4.17. The molecule has 0 aromatic heterocycles. The summed E-state index contributed by atoms with van der Waals surface area (Å²) in [6, 6.07) is 7.76. The maximum atomic E-state index is 8.79. The average Bonchev–Trinajstić information content (AvgIpc) is 2.26. The van der Waals surface area contributed by atoms with Crippen LogP contribution in [0.1, 0.15) is 38.3 Å². The molecule has 1 atom stereocenters. The third-order valence-corrected chi connectivity index (χ3v) is 2.35. The van der Waals surface area contributed by atoms with Crippen LogP contribution in [0.15, 0.2) is 24.3 Å². The number of aliphatic hydroxyl groups excluding tert-OH is 1. The Bertz CT molecular complexity index is 318. The second kappa shape index (κ2) is 8.34. The number of ether oxygens (including phenoxy) is 1. The van der Waals surface area contributed by atoms with E-state index in [0.717, 1.165) is 24.2 Å². The number of rotatable bonds is 6. The molecule has 0 amide bonds. The first-order valence-corrected chi connectivity index (χ1v) is 5.77. The Balaban J connectivity index is 0.00000256. The van der Waals surface area contributed by atoms with Crippen molar-refractivity contribution in [3.8, 4) is 5.75 Å². The Hall–Kier alpha value is -0.770. The molecule has 1 aromatic rings. The van der Waals surface area contributed by atoms with Crippen molar-refractivity contribution in [1.82, 2.24) is 0 Å². The highest BCUT2D eigenvalue weighted by molar-refractivity contribution is 5.85. The van der Waals surface area contributed by atoms with Crippen molar-refractivity contribution < 1.29 is 9.84 Å². The Morgan fingerprint density at radius 2 is 1.94 bits per heavy atom. The van der Waals surface area contributed by atoms with Gasteiger partial charge in [-0.1, -0.05) is 18.2 Å². The van der Waals surface area contributed by atoms with Crippen LogP contribution in [-0.2, 0) is 0 Å². The number of hydrogen-bond donors (Lipinski definition) is 2. The van der Waals surface area contributed by atoms with E-state index in [1.54, 1.807) is 0 Å². The van der Waals surface area contributed by atoms with Gasteiger partial charge in [0.15, 0.2) is 0 Å². The van der Waals surface area contributed by atoms with Crippen molar-refractivity contribution in [3.63, 3.8) is 0 Å². The van der Waals surface area contributed by atoms with Crippen molar-refractivity contribution >= 4 is 12.4 Å². The minimum atomic E-state index is -0.0675. The van der Waals surface area contributed by atoms with Crippen LogP contribution in [0, 0.1) is 0 Å². The van der Waals surface area contributed by atoms with Crippen LogP contribution in [0.2, 0.25) is 0 Å². The predicted octanol–water partition coefficient (Wildman–Crippen LogP) is 2.67. The second-order valence-corrected chi connectivity index (χ2v) is 4.18. The fourth-order valence-electron chi connectivity index (χ4n) is 1.61. The summed E-state index contributed by atoms with van der Waals surface area (Å²) in [4.78, 5) is 0. The van der Waals surface area contributed by atoms with Gasteiger partial charge in [-0.15, -0.1) is 12.4 Å². The molecule has 0 aliphatic heterocycles. The fourth-order valence-corrected chi connectivity index (χ4v) is 1.61. The molecule has 0 aliphatic rings. The minimum Gasteiger partial charge on any atom is -0.491 e. The molecule has 3 nitrogen and oxygen atoms in total. The predicted molar refractivity (Wildman–Crippen MR) is 72.7 cm³/mol. The van der Waals surface area contributed by atoms with Crippen molar-refractivity contribution in [2.75, 3.05) is 6.61 Å². The van der Waals surface area contributed by atoms with Crippen molar-refractivity contribution in [2.24, 2.45) is 5.73 Å². The Kier molecular flexibility index (Phi) is 7.96. The maximum Gasteiger partial charge on any atom is 0.124 e. The third kappa shape index (κ3) is 5.39. The molecular weight excluding hydrogens is 238 g/mol. The molecule has 4 heteroatoms. The molecule has 3 N–H and O–H groups in total. The van der Waals surface area contributed by atoms with Gasteiger partial charge in [-0.05, 0) is 32.8 Å². The lowest BCUT2D eigenvalue weighted by molar-refractivity contribution is 0.237. The van der Waals surface area contributed by atoms with E-state index in [1.165, 1.54) is 0 Å². The third-order valence-electron chi connectivity index (χ3n) is 2.35. The molecule has 0 heterocycles. The highest BCUT2D eigenvalue weighted by atomic mass is 35.5. The number of nitrogens with two attached hydrogens (primary N) is 1. The van der Waals surface area contributed by atoms with Gasteiger partial charge in [0.2, 0.25) is 0 Å². The zero-order valence-corrected chi connectivity index (χ0v) is 11.2. The lowest BCUT2D eigenvalue weighted by Crippen LogP contribution is -2.14. The van der Waals surface area contributed by atoms with E-state index >= 15 is 0 Å². The molecule has 0 aliphatic carbocycles. The normalized spacial score (nSPS) is 12.1. The van der Waals surface area contributed by atoms with E-state index in [-0.39, 0.29) is 31.2 Å². The largest absolute Gasteiger partial charge is 0.491 e. The van der Waals surface area contributed by atoms with Gasteiger partial charge in [-0.2, -0.15) is 0 Å². The van der Waals surface area contributed by atoms with E-state index in [2.05, 4.69) is 0 Å². The SMILES string of the molecule is CC(C)Oc1ccccc1[C@@H](N)CCCO.Cl. The van der Waals surface area contributed by atoms with Crippen molar-refractivity contribution in [1.29, 1.82) is 0 Å². The monoisotopic (exact) mass is 259 g/mol. The number of para-hydroxylation sites is 1. The molecular formula is C13H22ClNO2. The van der Waals surface area contributed by atoms with Crippen LogP contribution in [0.25, 0.3) is 0 Å². The molecule has 98 valence electrons. The van der Waals surface area contributed by atoms with Crippen LogP contribution in [-0.4, -0.2) is 17.8 Å². The summed E-state index contributed by atoms with van der Waals surface area (Å²) in [5.74, 6) is 0.850. The summed E-state index contributed by atoms with van der Waals surface area (Å²) in [5.41, 5.74) is 7.08. The lowest BCUT2D eigenvalue weighted by Gasteiger charge is -2.18. The zero-order valence-electron chi connectivity index (χ0n) is 10.4. The number of benzene rings is 1. The maximum absolute atomic E-state index is 8.79. The molecule has 0 unspecified atom stereocenters. The van der Waals surface area contributed by atoms with Crippen LogP contribution in [0.5, 0.6) is 5.75 Å². The molecule has 0 bridgehead atoms. The van der Waals surface area contributed by atoms with Gasteiger partial charge in [-0.25, -0.2) is 0 Å². The number of halogens is 1. The highest BCUT2D eigenvalue weighted by Crippen LogP contribution is 2.26. The minimum absolute atomic E-state index is 0. The molecule has 1 rings (SSSR count). The summed E-state index contributed by atoms with van der Waals surface area (Å²) >= 11 is 0. The van der Waals surface area contributed by atoms with Gasteiger partial charge >= 0.3 is 0 Å². The standard InChI is InChI=1S/C13H21NO2.ClH/c1-10(2)16-13-8-4-3-6-11(13)12(14)7-5-9-15;/h3-4,6,8,10,12,15H,5,7,9,14H2,1-2H3;1H/t12-;/m0./s1. The second-order valence-electron chi connectivity index (χ2n) is 4.18. The molecule has 17 heavy (non-hydrogen) atoms. The van der Waals surface area contributed by atoms with E-state index in [9.17, 15) is 0 Å². The first kappa shape index (κ1) is 16.2. The van der Waals surface area contributed by atoms with Crippen LogP contribution in [0.3, 0.4) is 0 Å². The quantitative estimate of drug-likeness (QED) is 0.826. The number of aliphatic hydroxyl groups is 1. The Morgan fingerprint density at radius 3 is 2.53 bits per heavy atom. The summed E-state index contributed by atoms with van der Waals surface area (Å²) < 4.78 is 5.70. The summed E-state index contributed by atoms with van der Waals surface area (Å²) in [5, 5.41) is 8.79. The summed E-state index contributed by atoms with van der Waals surface area (Å²) in [7, 11) is 0. The van der Waals surface area contributed by atoms with Gasteiger partial charge in [-0.3, -0.25) is 0 Å². The van der Waals surface area contributed by atoms with Crippen LogP contribution < -0.4 is 10.5 Å². The Morgan fingerprint density at radius 1 is 1.29 bits per heavy atom. The lowest BCUT2D eigenvalue weighted by atomic mass is 10.0. The fraction of sp³-hybridized carbons (Fsp3) is 0.538. The molecule has 0 saturated heterocycles. The first-order chi connectivity index (χ1) is 7.65. The highest BCUT2D eigenvalue weighted by Gasteiger charge is 2.12. The van der Waals surface area contributed by atoms with E-state index < -0.39 is 0 Å². The van der Waals surface area contributed by atoms with Gasteiger partial charge in [0.1, 0.15) is 5.75 Å². The molecule has 0 spiro atoms. The van der Waals surface area contributed by atoms with E-state index in [0.29, 0.717) is 0 Å². The molecule has 0 radical (unpaired) electrons. The van der Waals surface area contributed by atoms with Crippen molar-refractivity contribution in [2.45, 2.75) is 38.8 Å². The molecule has 0 fully saturated rings. The van der Waals surface area contributed by atoms with Crippen LogP contribution in [0.4, 0.5) is 0 Å². The average molecular weight is 260 g/mol. The van der Waals surface area contributed by atoms with E-state index in [4.69, 9.17) is 15.6 Å². The molecule has 1 aromatic carbocycles. The van der Waals surface area contributed by atoms with Gasteiger partial charge in [0, 0.05) is 18.2 Å². The first-order valence-electron chi connectivity index (χ1n) is 5.77. The smallest absolute Gasteiger partial charge is 0.124 e. The number of hydrogen-bond acceptors (Lipinski definition) is 3. The topological polar surface area (TPSA) is 55.5 Å². The van der Waals surface area contributed by atoms with Crippen LogP contribution >= 0.6 is 12.4 Å². The van der Waals surface area contributed by atoms with Gasteiger partial charge in [0.25, 0.3) is 0 Å². The van der Waals surface area contributed by atoms with E-state index in [1.807, 2.05) is 38.1 Å². The van der Waals surface area contributed by atoms with Gasteiger partial charge < -0.3 is 15.6 Å². The van der Waals surface area contributed by atoms with Crippen molar-refractivity contribution in [3.05, 3.63) is 29.8 Å². The zero-order chi connectivity index (χ0) is 12.0.